The predicted molar refractivity (Wildman–Crippen MR) is 112 cm³/mol. The van der Waals surface area contributed by atoms with Crippen LogP contribution >= 0.6 is 34.5 Å². The van der Waals surface area contributed by atoms with Crippen molar-refractivity contribution in [1.82, 2.24) is 14.2 Å². The van der Waals surface area contributed by atoms with Gasteiger partial charge in [0, 0.05) is 37.5 Å². The van der Waals surface area contributed by atoms with Crippen LogP contribution in [-0.4, -0.2) is 54.7 Å². The molecular formula is C18H21Cl2N3O3S2. The van der Waals surface area contributed by atoms with Crippen LogP contribution in [0.3, 0.4) is 0 Å². The van der Waals surface area contributed by atoms with Crippen LogP contribution in [0.15, 0.2) is 28.5 Å². The second-order valence-corrected chi connectivity index (χ2v) is 10.5. The van der Waals surface area contributed by atoms with Crippen LogP contribution in [0.4, 0.5) is 0 Å². The van der Waals surface area contributed by atoms with Gasteiger partial charge in [0.2, 0.25) is 15.9 Å². The first kappa shape index (κ1) is 21.5. The van der Waals surface area contributed by atoms with E-state index in [-0.39, 0.29) is 35.3 Å². The molecule has 0 saturated carbocycles. The number of sulfonamides is 1. The van der Waals surface area contributed by atoms with E-state index in [4.69, 9.17) is 23.2 Å². The van der Waals surface area contributed by atoms with Gasteiger partial charge in [-0.1, -0.05) is 37.0 Å². The van der Waals surface area contributed by atoms with Crippen molar-refractivity contribution < 1.29 is 13.2 Å². The molecule has 3 rings (SSSR count). The van der Waals surface area contributed by atoms with Gasteiger partial charge in [-0.2, -0.15) is 4.31 Å². The standard InChI is InChI=1S/C18H21Cl2N3O3S2/c1-12(2)18-21-13(11-27-18)9-17(24)22-5-7-23(8-6-22)28(25,26)14-3-4-15(19)16(20)10-14/h3-4,10-12H,5-9H2,1-2H3. The number of halogens is 2. The van der Waals surface area contributed by atoms with Gasteiger partial charge < -0.3 is 4.90 Å². The molecule has 0 N–H and O–H groups in total. The summed E-state index contributed by atoms with van der Waals surface area (Å²) in [5, 5.41) is 3.43. The van der Waals surface area contributed by atoms with E-state index in [0.29, 0.717) is 24.0 Å². The summed E-state index contributed by atoms with van der Waals surface area (Å²) in [6.07, 6.45) is 0.239. The minimum Gasteiger partial charge on any atom is -0.340 e. The fourth-order valence-electron chi connectivity index (χ4n) is 2.90. The summed E-state index contributed by atoms with van der Waals surface area (Å²) >= 11 is 13.4. The van der Waals surface area contributed by atoms with E-state index in [1.807, 2.05) is 5.38 Å². The molecule has 1 fully saturated rings. The molecule has 1 aromatic carbocycles. The van der Waals surface area contributed by atoms with E-state index in [2.05, 4.69) is 18.8 Å². The highest BCUT2D eigenvalue weighted by Gasteiger charge is 2.30. The number of carbonyl (C=O) groups is 1. The number of rotatable bonds is 5. The maximum atomic E-state index is 12.8. The van der Waals surface area contributed by atoms with E-state index in [1.54, 1.807) is 16.2 Å². The third-order valence-corrected chi connectivity index (χ3v) is 8.34. The molecule has 1 amide bonds. The molecule has 0 bridgehead atoms. The maximum absolute atomic E-state index is 12.8. The lowest BCUT2D eigenvalue weighted by atomic mass is 10.2. The van der Waals surface area contributed by atoms with Crippen LogP contribution < -0.4 is 0 Å². The number of aromatic nitrogens is 1. The van der Waals surface area contributed by atoms with Crippen molar-refractivity contribution in [3.05, 3.63) is 44.3 Å². The van der Waals surface area contributed by atoms with Crippen LogP contribution in [0.5, 0.6) is 0 Å². The fourth-order valence-corrected chi connectivity index (χ4v) is 5.55. The number of nitrogens with zero attached hydrogens (tertiary/aromatic N) is 3. The zero-order valence-electron chi connectivity index (χ0n) is 15.6. The Morgan fingerprint density at radius 2 is 1.86 bits per heavy atom. The Hall–Kier alpha value is -1.19. The highest BCUT2D eigenvalue weighted by molar-refractivity contribution is 7.89. The normalized spacial score (nSPS) is 16.0. The van der Waals surface area contributed by atoms with Crippen LogP contribution in [0.1, 0.15) is 30.5 Å². The van der Waals surface area contributed by atoms with Gasteiger partial charge in [-0.15, -0.1) is 11.3 Å². The summed E-state index contributed by atoms with van der Waals surface area (Å²) in [4.78, 5) is 18.8. The molecule has 0 aliphatic carbocycles. The molecule has 1 saturated heterocycles. The Kier molecular flexibility index (Phi) is 6.66. The van der Waals surface area contributed by atoms with Crippen molar-refractivity contribution in [2.24, 2.45) is 0 Å². The van der Waals surface area contributed by atoms with Gasteiger partial charge in [-0.3, -0.25) is 4.79 Å². The Balaban J connectivity index is 1.61. The first-order valence-electron chi connectivity index (χ1n) is 8.85. The number of benzene rings is 1. The third-order valence-electron chi connectivity index (χ3n) is 4.52. The molecule has 1 aliphatic rings. The lowest BCUT2D eigenvalue weighted by Gasteiger charge is -2.34. The van der Waals surface area contributed by atoms with Crippen molar-refractivity contribution in [2.45, 2.75) is 31.1 Å². The lowest BCUT2D eigenvalue weighted by molar-refractivity contribution is -0.131. The molecule has 1 aliphatic heterocycles. The van der Waals surface area contributed by atoms with Crippen molar-refractivity contribution >= 4 is 50.5 Å². The molecular weight excluding hydrogens is 441 g/mol. The third kappa shape index (κ3) is 4.68. The van der Waals surface area contributed by atoms with Gasteiger partial charge in [-0.05, 0) is 18.2 Å². The summed E-state index contributed by atoms with van der Waals surface area (Å²) in [7, 11) is -3.67. The zero-order chi connectivity index (χ0) is 20.5. The average molecular weight is 462 g/mol. The molecule has 1 aromatic heterocycles. The van der Waals surface area contributed by atoms with Crippen LogP contribution in [0.2, 0.25) is 10.0 Å². The Morgan fingerprint density at radius 3 is 2.43 bits per heavy atom. The monoisotopic (exact) mass is 461 g/mol. The van der Waals surface area contributed by atoms with E-state index < -0.39 is 10.0 Å². The van der Waals surface area contributed by atoms with E-state index >= 15 is 0 Å². The summed E-state index contributed by atoms with van der Waals surface area (Å²) in [5.41, 5.74) is 0.768. The van der Waals surface area contributed by atoms with Crippen LogP contribution in [-0.2, 0) is 21.2 Å². The Labute approximate surface area is 179 Å². The first-order chi connectivity index (χ1) is 13.2. The minimum absolute atomic E-state index is 0.0350. The highest BCUT2D eigenvalue weighted by atomic mass is 35.5. The SMILES string of the molecule is CC(C)c1nc(CC(=O)N2CCN(S(=O)(=O)c3ccc(Cl)c(Cl)c3)CC2)cs1. The van der Waals surface area contributed by atoms with Gasteiger partial charge >= 0.3 is 0 Å². The number of amides is 1. The van der Waals surface area contributed by atoms with E-state index in [1.165, 1.54) is 22.5 Å². The lowest BCUT2D eigenvalue weighted by Crippen LogP contribution is -2.50. The van der Waals surface area contributed by atoms with Crippen molar-refractivity contribution in [3.8, 4) is 0 Å². The fraction of sp³-hybridized carbons (Fsp3) is 0.444. The van der Waals surface area contributed by atoms with Crippen molar-refractivity contribution in [1.29, 1.82) is 0 Å². The molecule has 0 spiro atoms. The smallest absolute Gasteiger partial charge is 0.243 e. The second kappa shape index (κ2) is 8.67. The average Bonchev–Trinajstić information content (AvgIpc) is 3.13. The number of hydrogen-bond donors (Lipinski definition) is 0. The summed E-state index contributed by atoms with van der Waals surface area (Å²) < 4.78 is 27.0. The molecule has 28 heavy (non-hydrogen) atoms. The van der Waals surface area contributed by atoms with Gasteiger partial charge in [0.15, 0.2) is 0 Å². The number of piperazine rings is 1. The van der Waals surface area contributed by atoms with Crippen LogP contribution in [0.25, 0.3) is 0 Å². The molecule has 0 unspecified atom stereocenters. The Bertz CT molecular complexity index is 968. The van der Waals surface area contributed by atoms with Crippen LogP contribution in [0, 0.1) is 0 Å². The highest BCUT2D eigenvalue weighted by Crippen LogP contribution is 2.27. The molecule has 0 radical (unpaired) electrons. The molecule has 152 valence electrons. The van der Waals surface area contributed by atoms with Gasteiger partial charge in [0.25, 0.3) is 0 Å². The summed E-state index contributed by atoms with van der Waals surface area (Å²) in [6.45, 7) is 5.31. The van der Waals surface area contributed by atoms with Crippen molar-refractivity contribution in [3.63, 3.8) is 0 Å². The van der Waals surface area contributed by atoms with Gasteiger partial charge in [-0.25, -0.2) is 13.4 Å². The molecule has 2 aromatic rings. The Morgan fingerprint density at radius 1 is 1.18 bits per heavy atom. The predicted octanol–water partition coefficient (Wildman–Crippen LogP) is 3.65. The van der Waals surface area contributed by atoms with Gasteiger partial charge in [0.05, 0.1) is 32.1 Å². The topological polar surface area (TPSA) is 70.6 Å². The number of hydrogen-bond acceptors (Lipinski definition) is 5. The van der Waals surface area contributed by atoms with Crippen molar-refractivity contribution in [2.75, 3.05) is 26.2 Å². The van der Waals surface area contributed by atoms with E-state index in [0.717, 1.165) is 10.7 Å². The summed E-state index contributed by atoms with van der Waals surface area (Å²) in [6, 6.07) is 4.26. The first-order valence-corrected chi connectivity index (χ1v) is 11.9. The number of thiazole rings is 1. The van der Waals surface area contributed by atoms with Gasteiger partial charge in [0.1, 0.15) is 0 Å². The molecule has 6 nitrogen and oxygen atoms in total. The maximum Gasteiger partial charge on any atom is 0.243 e. The zero-order valence-corrected chi connectivity index (χ0v) is 18.7. The quantitative estimate of drug-likeness (QED) is 0.680. The molecule has 10 heteroatoms. The van der Waals surface area contributed by atoms with E-state index in [9.17, 15) is 13.2 Å². The summed E-state index contributed by atoms with van der Waals surface area (Å²) in [5.74, 6) is 0.302. The second-order valence-electron chi connectivity index (χ2n) is 6.87. The largest absolute Gasteiger partial charge is 0.340 e. The minimum atomic E-state index is -3.67. The molecule has 2 heterocycles. The molecule has 0 atom stereocenters. The number of carbonyl (C=O) groups excluding carboxylic acids is 1.